The number of benzene rings is 1. The van der Waals surface area contributed by atoms with Crippen LogP contribution in [0.5, 0.6) is 0 Å². The molecule has 0 spiro atoms. The Hall–Kier alpha value is -1.21. The van der Waals surface area contributed by atoms with Crippen molar-refractivity contribution in [3.63, 3.8) is 0 Å². The predicted molar refractivity (Wildman–Crippen MR) is 96.4 cm³/mol. The van der Waals surface area contributed by atoms with Gasteiger partial charge in [0, 0.05) is 10.5 Å². The molecule has 1 amide bonds. The number of halogens is 2. The second kappa shape index (κ2) is 8.06. The first kappa shape index (κ1) is 18.1. The Balaban J connectivity index is 1.85. The molecule has 0 heterocycles. The van der Waals surface area contributed by atoms with Crippen molar-refractivity contribution in [2.45, 2.75) is 39.2 Å². The third-order valence-corrected chi connectivity index (χ3v) is 5.20. The Morgan fingerprint density at radius 1 is 1.30 bits per heavy atom. The Labute approximate surface area is 149 Å². The fraction of sp³-hybridized carbons (Fsp3) is 0.500. The summed E-state index contributed by atoms with van der Waals surface area (Å²) in [5.41, 5.74) is 5.04. The summed E-state index contributed by atoms with van der Waals surface area (Å²) < 4.78 is 14.3. The number of hydrazine groups is 1. The molecule has 1 saturated carbocycles. The van der Waals surface area contributed by atoms with E-state index in [4.69, 9.17) is 12.2 Å². The van der Waals surface area contributed by atoms with Crippen LogP contribution >= 0.6 is 28.1 Å². The van der Waals surface area contributed by atoms with Crippen molar-refractivity contribution in [2.24, 2.45) is 11.8 Å². The fourth-order valence-corrected chi connectivity index (χ4v) is 3.38. The molecule has 0 radical (unpaired) electrons. The van der Waals surface area contributed by atoms with Gasteiger partial charge in [-0.05, 0) is 48.7 Å². The van der Waals surface area contributed by atoms with E-state index >= 15 is 0 Å². The van der Waals surface area contributed by atoms with E-state index in [1.54, 1.807) is 6.07 Å². The summed E-state index contributed by atoms with van der Waals surface area (Å²) in [6, 6.07) is 4.56. The predicted octanol–water partition coefficient (Wildman–Crippen LogP) is 3.52. The molecular weight excluding hydrogens is 381 g/mol. The molecule has 1 aromatic rings. The molecule has 7 heteroatoms. The van der Waals surface area contributed by atoms with Crippen LogP contribution in [0, 0.1) is 17.7 Å². The molecule has 0 bridgehead atoms. The van der Waals surface area contributed by atoms with Crippen LogP contribution in [0.4, 0.5) is 4.39 Å². The summed E-state index contributed by atoms with van der Waals surface area (Å²) in [5, 5.41) is 3.58. The third-order valence-electron chi connectivity index (χ3n) is 4.49. The molecule has 1 aromatic carbocycles. The highest BCUT2D eigenvalue weighted by Gasteiger charge is 2.27. The van der Waals surface area contributed by atoms with Crippen LogP contribution in [0.25, 0.3) is 0 Å². The normalized spacial score (nSPS) is 23.9. The van der Waals surface area contributed by atoms with Crippen LogP contribution in [0.2, 0.25) is 0 Å². The third kappa shape index (κ3) is 4.88. The minimum Gasteiger partial charge on any atom is -0.358 e. The first-order valence-electron chi connectivity index (χ1n) is 7.70. The zero-order valence-electron chi connectivity index (χ0n) is 13.2. The van der Waals surface area contributed by atoms with Crippen molar-refractivity contribution in [3.05, 3.63) is 34.1 Å². The van der Waals surface area contributed by atoms with E-state index in [1.807, 2.05) is 0 Å². The van der Waals surface area contributed by atoms with Crippen molar-refractivity contribution in [2.75, 3.05) is 0 Å². The van der Waals surface area contributed by atoms with Crippen LogP contribution in [-0.2, 0) is 0 Å². The lowest BCUT2D eigenvalue weighted by atomic mass is 9.78. The van der Waals surface area contributed by atoms with Crippen molar-refractivity contribution in [1.29, 1.82) is 0 Å². The largest absolute Gasteiger partial charge is 0.358 e. The number of carbonyl (C=O) groups is 1. The first-order valence-corrected chi connectivity index (χ1v) is 8.90. The topological polar surface area (TPSA) is 53.2 Å². The highest BCUT2D eigenvalue weighted by atomic mass is 79.9. The maximum absolute atomic E-state index is 13.7. The molecule has 1 fully saturated rings. The van der Waals surface area contributed by atoms with Gasteiger partial charge in [-0.25, -0.2) is 4.39 Å². The lowest BCUT2D eigenvalue weighted by Crippen LogP contribution is -2.52. The van der Waals surface area contributed by atoms with E-state index in [0.29, 0.717) is 27.5 Å². The molecule has 3 N–H and O–H groups in total. The van der Waals surface area contributed by atoms with Crippen LogP contribution in [0.3, 0.4) is 0 Å². The molecule has 1 aliphatic rings. The van der Waals surface area contributed by atoms with Gasteiger partial charge >= 0.3 is 0 Å². The maximum atomic E-state index is 13.7. The standard InChI is InChI=1S/C16H21BrFN3OS/c1-9-4-3-5-14(10(9)2)19-16(23)21-20-15(22)12-7-6-11(17)8-13(12)18/h6-10,14H,3-5H2,1-2H3,(H,20,22)(H2,19,21,23)/t9-,10-,14+/m1/s1. The molecule has 0 aliphatic heterocycles. The highest BCUT2D eigenvalue weighted by Crippen LogP contribution is 2.29. The second-order valence-corrected chi connectivity index (χ2v) is 7.37. The molecule has 23 heavy (non-hydrogen) atoms. The average molecular weight is 402 g/mol. The zero-order valence-corrected chi connectivity index (χ0v) is 15.6. The van der Waals surface area contributed by atoms with E-state index in [-0.39, 0.29) is 5.56 Å². The van der Waals surface area contributed by atoms with Crippen molar-refractivity contribution in [3.8, 4) is 0 Å². The number of carbonyl (C=O) groups excluding carboxylic acids is 1. The lowest BCUT2D eigenvalue weighted by Gasteiger charge is -2.35. The Kier molecular flexibility index (Phi) is 6.35. The summed E-state index contributed by atoms with van der Waals surface area (Å²) in [6.07, 6.45) is 3.46. The molecule has 1 aliphatic carbocycles. The average Bonchev–Trinajstić information content (AvgIpc) is 2.49. The molecule has 0 unspecified atom stereocenters. The Morgan fingerprint density at radius 3 is 2.74 bits per heavy atom. The van der Waals surface area contributed by atoms with Gasteiger partial charge in [-0.3, -0.25) is 15.6 Å². The van der Waals surface area contributed by atoms with Crippen molar-refractivity contribution < 1.29 is 9.18 Å². The number of hydrogen-bond acceptors (Lipinski definition) is 2. The van der Waals surface area contributed by atoms with E-state index in [1.165, 1.54) is 25.0 Å². The monoisotopic (exact) mass is 401 g/mol. The van der Waals surface area contributed by atoms with E-state index in [9.17, 15) is 9.18 Å². The summed E-state index contributed by atoms with van der Waals surface area (Å²) >= 11 is 8.37. The SMILES string of the molecule is C[C@@H]1[C@H](C)CCC[C@@H]1NC(=S)NNC(=O)c1ccc(Br)cc1F. The van der Waals surface area contributed by atoms with Gasteiger partial charge in [0.2, 0.25) is 0 Å². The van der Waals surface area contributed by atoms with Gasteiger partial charge in [-0.15, -0.1) is 0 Å². The summed E-state index contributed by atoms with van der Waals surface area (Å²) in [5.74, 6) is 0.00936. The Morgan fingerprint density at radius 2 is 2.04 bits per heavy atom. The van der Waals surface area contributed by atoms with Crippen molar-refractivity contribution >= 4 is 39.2 Å². The molecule has 0 saturated heterocycles. The number of nitrogens with one attached hydrogen (secondary N) is 3. The number of amides is 1. The van der Waals surface area contributed by atoms with Gasteiger partial charge in [0.15, 0.2) is 5.11 Å². The lowest BCUT2D eigenvalue weighted by molar-refractivity contribution is 0.0939. The molecule has 0 aromatic heterocycles. The molecule has 3 atom stereocenters. The number of rotatable bonds is 2. The molecule has 126 valence electrons. The van der Waals surface area contributed by atoms with E-state index in [2.05, 4.69) is 45.9 Å². The fourth-order valence-electron chi connectivity index (χ4n) is 2.84. The van der Waals surface area contributed by atoms with Gasteiger partial charge in [-0.2, -0.15) is 0 Å². The summed E-state index contributed by atoms with van der Waals surface area (Å²) in [4.78, 5) is 12.0. The van der Waals surface area contributed by atoms with Crippen LogP contribution in [0.15, 0.2) is 22.7 Å². The Bertz CT molecular complexity index is 599. The van der Waals surface area contributed by atoms with Crippen LogP contribution < -0.4 is 16.2 Å². The molecular formula is C16H21BrFN3OS. The minimum absolute atomic E-state index is 0.0387. The zero-order chi connectivity index (χ0) is 17.0. The number of thiocarbonyl (C=S) groups is 1. The first-order chi connectivity index (χ1) is 10.9. The van der Waals surface area contributed by atoms with Crippen LogP contribution in [0.1, 0.15) is 43.5 Å². The molecule has 2 rings (SSSR count). The smallest absolute Gasteiger partial charge is 0.272 e. The molecule has 4 nitrogen and oxygen atoms in total. The van der Waals surface area contributed by atoms with Crippen molar-refractivity contribution in [1.82, 2.24) is 16.2 Å². The van der Waals surface area contributed by atoms with Gasteiger partial charge in [0.05, 0.1) is 5.56 Å². The van der Waals surface area contributed by atoms with E-state index < -0.39 is 11.7 Å². The summed E-state index contributed by atoms with van der Waals surface area (Å²) in [7, 11) is 0. The second-order valence-electron chi connectivity index (χ2n) is 6.05. The van der Waals surface area contributed by atoms with Gasteiger partial charge in [-0.1, -0.05) is 42.6 Å². The quantitative estimate of drug-likeness (QED) is 0.524. The maximum Gasteiger partial charge on any atom is 0.272 e. The highest BCUT2D eigenvalue weighted by molar-refractivity contribution is 9.10. The van der Waals surface area contributed by atoms with Gasteiger partial charge in [0.25, 0.3) is 5.91 Å². The van der Waals surface area contributed by atoms with Crippen LogP contribution in [-0.4, -0.2) is 17.1 Å². The minimum atomic E-state index is -0.590. The van der Waals surface area contributed by atoms with Gasteiger partial charge < -0.3 is 5.32 Å². The summed E-state index contributed by atoms with van der Waals surface area (Å²) in [6.45, 7) is 4.45. The number of hydrogen-bond donors (Lipinski definition) is 3. The van der Waals surface area contributed by atoms with Gasteiger partial charge in [0.1, 0.15) is 5.82 Å². The van der Waals surface area contributed by atoms with E-state index in [0.717, 1.165) is 6.42 Å².